The highest BCUT2D eigenvalue weighted by Crippen LogP contribution is 2.35. The molecule has 0 aromatic heterocycles. The Balaban J connectivity index is 1.33. The average Bonchev–Trinajstić information content (AvgIpc) is 3.12. The lowest BCUT2D eigenvalue weighted by atomic mass is 9.78. The Morgan fingerprint density at radius 1 is 0.453 bits per heavy atom. The normalized spacial score (nSPS) is 13.1. The molecule has 0 aliphatic rings. The van der Waals surface area contributed by atoms with Crippen LogP contribution in [0.1, 0.15) is 83.1 Å². The van der Waals surface area contributed by atoms with Crippen LogP contribution in [0, 0.1) is 0 Å². The summed E-state index contributed by atoms with van der Waals surface area (Å²) in [4.78, 5) is 0. The van der Waals surface area contributed by atoms with E-state index in [0.29, 0.717) is 0 Å². The van der Waals surface area contributed by atoms with E-state index in [2.05, 4.69) is 190 Å². The van der Waals surface area contributed by atoms with E-state index in [0.717, 1.165) is 66.2 Å². The van der Waals surface area contributed by atoms with Gasteiger partial charge in [0, 0.05) is 23.7 Å². The molecular formula is C47H64O4Si2. The molecule has 4 aromatic carbocycles. The van der Waals surface area contributed by atoms with E-state index in [9.17, 15) is 0 Å². The minimum Gasteiger partial charge on any atom is -0.497 e. The fourth-order valence-electron chi connectivity index (χ4n) is 5.89. The van der Waals surface area contributed by atoms with Crippen molar-refractivity contribution in [3.05, 3.63) is 143 Å². The lowest BCUT2D eigenvalue weighted by Gasteiger charge is -2.27. The first-order valence-electron chi connectivity index (χ1n) is 19.3. The number of ether oxygens (including phenoxy) is 4. The van der Waals surface area contributed by atoms with Crippen LogP contribution in [-0.2, 0) is 10.8 Å². The number of allylic oxidation sites excluding steroid dienone is 4. The monoisotopic (exact) mass is 748 g/mol. The Kier molecular flexibility index (Phi) is 14.1. The molecule has 53 heavy (non-hydrogen) atoms. The van der Waals surface area contributed by atoms with Crippen LogP contribution in [-0.4, -0.2) is 28.6 Å². The maximum absolute atomic E-state index is 6.33. The Morgan fingerprint density at radius 3 is 0.962 bits per heavy atom. The van der Waals surface area contributed by atoms with Crippen molar-refractivity contribution in [2.75, 3.05) is 12.5 Å². The zero-order valence-electron chi connectivity index (χ0n) is 34.6. The Bertz CT molecular complexity index is 1650. The van der Waals surface area contributed by atoms with Crippen molar-refractivity contribution < 1.29 is 18.9 Å². The third-order valence-electron chi connectivity index (χ3n) is 9.53. The first-order valence-corrected chi connectivity index (χ1v) is 26.7. The van der Waals surface area contributed by atoms with E-state index in [1.54, 1.807) is 0 Å². The molecule has 0 atom stereocenters. The second kappa shape index (κ2) is 17.9. The van der Waals surface area contributed by atoms with Gasteiger partial charge in [-0.15, -0.1) is 0 Å². The molecule has 0 saturated carbocycles. The molecule has 0 fully saturated rings. The van der Waals surface area contributed by atoms with Crippen LogP contribution in [0.2, 0.25) is 39.3 Å². The molecular weight excluding hydrogens is 685 g/mol. The molecule has 0 bridgehead atoms. The van der Waals surface area contributed by atoms with Crippen molar-refractivity contribution in [3.63, 3.8) is 0 Å². The first-order chi connectivity index (χ1) is 24.9. The fraction of sp³-hybridized carbons (Fsp3) is 0.404. The average molecular weight is 749 g/mol. The molecule has 4 aromatic rings. The quantitative estimate of drug-likeness (QED) is 0.0750. The second-order valence-corrected chi connectivity index (χ2v) is 28.4. The van der Waals surface area contributed by atoms with Crippen LogP contribution in [0.15, 0.2) is 121 Å². The van der Waals surface area contributed by atoms with Crippen molar-refractivity contribution in [2.45, 2.75) is 111 Å². The molecule has 0 radical (unpaired) electrons. The lowest BCUT2D eigenvalue weighted by molar-refractivity contribution is 0.377. The fourth-order valence-corrected chi connectivity index (χ4v) is 7.09. The van der Waals surface area contributed by atoms with Gasteiger partial charge in [0.1, 0.15) is 34.5 Å². The topological polar surface area (TPSA) is 36.9 Å². The molecule has 0 amide bonds. The maximum atomic E-state index is 6.33. The number of hydrogen-bond donors (Lipinski definition) is 0. The van der Waals surface area contributed by atoms with E-state index in [1.165, 1.54) is 22.3 Å². The van der Waals surface area contributed by atoms with Crippen molar-refractivity contribution in [1.29, 1.82) is 0 Å². The van der Waals surface area contributed by atoms with E-state index in [4.69, 9.17) is 18.9 Å². The van der Waals surface area contributed by atoms with Crippen LogP contribution in [0.3, 0.4) is 0 Å². The van der Waals surface area contributed by atoms with Gasteiger partial charge in [-0.1, -0.05) is 129 Å². The number of hydrogen-bond acceptors (Lipinski definition) is 4. The standard InChI is InChI=1S/C47H64O4Si2/c1-13-40(50-44-30-22-38(23-31-44)46(3,4)36-18-26-42(27-19-36)48-34-52(7,8)9)16-15-17-41(14-2)51-45-32-24-39(25-33-45)47(5,6)37-20-28-43(29-21-37)49-35-53(10,11)12/h16-33H,13-15,34-35H2,1-12H3. The minimum atomic E-state index is -1.26. The van der Waals surface area contributed by atoms with Crippen molar-refractivity contribution >= 4 is 16.1 Å². The van der Waals surface area contributed by atoms with E-state index >= 15 is 0 Å². The molecule has 0 saturated heterocycles. The van der Waals surface area contributed by atoms with Gasteiger partial charge in [-0.3, -0.25) is 0 Å². The van der Waals surface area contributed by atoms with E-state index in [-0.39, 0.29) is 10.8 Å². The number of benzene rings is 4. The molecule has 4 rings (SSSR count). The molecule has 4 nitrogen and oxygen atoms in total. The minimum absolute atomic E-state index is 0.147. The van der Waals surface area contributed by atoms with Crippen LogP contribution >= 0.6 is 0 Å². The third kappa shape index (κ3) is 12.5. The van der Waals surface area contributed by atoms with Gasteiger partial charge in [0.2, 0.25) is 0 Å². The Labute approximate surface area is 323 Å². The summed E-state index contributed by atoms with van der Waals surface area (Å²) in [5.74, 6) is 5.46. The summed E-state index contributed by atoms with van der Waals surface area (Å²) >= 11 is 0. The predicted octanol–water partition coefficient (Wildman–Crippen LogP) is 13.3. The smallest absolute Gasteiger partial charge is 0.126 e. The van der Waals surface area contributed by atoms with Crippen LogP contribution in [0.5, 0.6) is 23.0 Å². The molecule has 6 heteroatoms. The van der Waals surface area contributed by atoms with Crippen LogP contribution in [0.4, 0.5) is 0 Å². The van der Waals surface area contributed by atoms with Gasteiger partial charge in [-0.25, -0.2) is 0 Å². The third-order valence-corrected chi connectivity index (χ3v) is 11.6. The molecule has 0 N–H and O–H groups in total. The summed E-state index contributed by atoms with van der Waals surface area (Å²) in [6, 6.07) is 34.1. The van der Waals surface area contributed by atoms with Gasteiger partial charge < -0.3 is 18.9 Å². The maximum Gasteiger partial charge on any atom is 0.126 e. The molecule has 0 spiro atoms. The number of rotatable bonds is 18. The summed E-state index contributed by atoms with van der Waals surface area (Å²) in [5.41, 5.74) is 4.70. The van der Waals surface area contributed by atoms with Gasteiger partial charge in [-0.05, 0) is 89.4 Å². The van der Waals surface area contributed by atoms with E-state index in [1.807, 2.05) is 0 Å². The SMILES string of the molecule is CCC(=CCC=C(CC)Oc1ccc(C(C)(C)c2ccc(OC[Si](C)(C)C)cc2)cc1)Oc1ccc(C(C)(C)c2ccc(OC[Si](C)(C)C)cc2)cc1. The second-order valence-electron chi connectivity index (χ2n) is 17.5. The van der Waals surface area contributed by atoms with Gasteiger partial charge in [0.05, 0.1) is 28.6 Å². The predicted molar refractivity (Wildman–Crippen MR) is 230 cm³/mol. The summed E-state index contributed by atoms with van der Waals surface area (Å²) in [6.45, 7) is 27.2. The highest BCUT2D eigenvalue weighted by Gasteiger charge is 2.25. The van der Waals surface area contributed by atoms with Gasteiger partial charge in [0.25, 0.3) is 0 Å². The van der Waals surface area contributed by atoms with Crippen molar-refractivity contribution in [1.82, 2.24) is 0 Å². The molecule has 0 unspecified atom stereocenters. The molecule has 0 aliphatic carbocycles. The Morgan fingerprint density at radius 2 is 0.717 bits per heavy atom. The van der Waals surface area contributed by atoms with Crippen LogP contribution < -0.4 is 18.9 Å². The molecule has 0 aliphatic heterocycles. The van der Waals surface area contributed by atoms with E-state index < -0.39 is 16.1 Å². The van der Waals surface area contributed by atoms with Gasteiger partial charge >= 0.3 is 0 Å². The van der Waals surface area contributed by atoms with Crippen LogP contribution in [0.25, 0.3) is 0 Å². The first kappa shape index (κ1) is 41.7. The van der Waals surface area contributed by atoms with Crippen molar-refractivity contribution in [3.8, 4) is 23.0 Å². The largest absolute Gasteiger partial charge is 0.497 e. The zero-order valence-corrected chi connectivity index (χ0v) is 36.6. The Hall–Kier alpha value is -4.01. The molecule has 0 heterocycles. The zero-order chi connectivity index (χ0) is 38.9. The summed E-state index contributed by atoms with van der Waals surface area (Å²) in [7, 11) is -2.52. The summed E-state index contributed by atoms with van der Waals surface area (Å²) < 4.78 is 24.8. The summed E-state index contributed by atoms with van der Waals surface area (Å²) in [5, 5.41) is 0. The highest BCUT2D eigenvalue weighted by atomic mass is 28.3. The van der Waals surface area contributed by atoms with Gasteiger partial charge in [0.15, 0.2) is 0 Å². The summed E-state index contributed by atoms with van der Waals surface area (Å²) in [6.07, 6.45) is 8.30. The molecule has 284 valence electrons. The lowest BCUT2D eigenvalue weighted by Crippen LogP contribution is -2.30. The highest BCUT2D eigenvalue weighted by molar-refractivity contribution is 6.76. The van der Waals surface area contributed by atoms with Crippen molar-refractivity contribution in [2.24, 2.45) is 0 Å². The van der Waals surface area contributed by atoms with Gasteiger partial charge in [-0.2, -0.15) is 0 Å².